The van der Waals surface area contributed by atoms with Crippen LogP contribution >= 0.6 is 0 Å². The molecule has 0 saturated carbocycles. The number of ether oxygens (including phenoxy) is 1. The number of carbonyl (C=O) groups excluding carboxylic acids is 2. The summed E-state index contributed by atoms with van der Waals surface area (Å²) in [6.07, 6.45) is 0.176. The zero-order chi connectivity index (χ0) is 17.8. The molecule has 1 aliphatic heterocycles. The highest BCUT2D eigenvalue weighted by Gasteiger charge is 2.35. The summed E-state index contributed by atoms with van der Waals surface area (Å²) in [5.41, 5.74) is 2.90. The van der Waals surface area contributed by atoms with Crippen LogP contribution in [0.2, 0.25) is 0 Å². The fourth-order valence-electron chi connectivity index (χ4n) is 2.82. The molecule has 1 aliphatic rings. The zero-order valence-electron chi connectivity index (χ0n) is 14.3. The molecule has 0 saturated heterocycles. The Bertz CT molecular complexity index is 797. The average Bonchev–Trinajstić information content (AvgIpc) is 2.63. The van der Waals surface area contributed by atoms with Gasteiger partial charge in [0.2, 0.25) is 5.91 Å². The summed E-state index contributed by atoms with van der Waals surface area (Å²) in [5, 5.41) is 5.65. The zero-order valence-corrected chi connectivity index (χ0v) is 14.3. The van der Waals surface area contributed by atoms with Crippen LogP contribution in [0.1, 0.15) is 30.4 Å². The topological polar surface area (TPSA) is 59.0 Å². The summed E-state index contributed by atoms with van der Waals surface area (Å²) in [7, 11) is 0. The smallest absolute Gasteiger partial charge is 0.355 e. The minimum absolute atomic E-state index is 0.148. The number of anilines is 1. The number of rotatable bonds is 4. The lowest BCUT2D eigenvalue weighted by molar-refractivity contribution is -0.135. The van der Waals surface area contributed by atoms with Gasteiger partial charge in [-0.1, -0.05) is 48.0 Å². The van der Waals surface area contributed by atoms with Gasteiger partial charge in [-0.15, -0.1) is 0 Å². The van der Waals surface area contributed by atoms with Crippen LogP contribution in [0.15, 0.2) is 59.7 Å². The summed E-state index contributed by atoms with van der Waals surface area (Å²) in [6.45, 7) is 4.01. The van der Waals surface area contributed by atoms with E-state index >= 15 is 0 Å². The van der Waals surface area contributed by atoms with Crippen molar-refractivity contribution < 1.29 is 14.3 Å². The van der Waals surface area contributed by atoms with Gasteiger partial charge in [-0.3, -0.25) is 4.79 Å². The molecule has 2 aromatic rings. The van der Waals surface area contributed by atoms with E-state index in [-0.39, 0.29) is 24.6 Å². The van der Waals surface area contributed by atoms with Crippen LogP contribution in [-0.2, 0) is 14.3 Å². The van der Waals surface area contributed by atoms with Gasteiger partial charge < -0.3 is 4.74 Å². The summed E-state index contributed by atoms with van der Waals surface area (Å²) in [6, 6.07) is 16.9. The molecule has 0 bridgehead atoms. The molecule has 2 aromatic carbocycles. The molecule has 5 heteroatoms. The van der Waals surface area contributed by atoms with Gasteiger partial charge in [0.15, 0.2) is 5.71 Å². The second-order valence-corrected chi connectivity index (χ2v) is 5.91. The Morgan fingerprint density at radius 1 is 1.16 bits per heavy atom. The molecule has 0 aromatic heterocycles. The molecule has 1 heterocycles. The molecule has 5 nitrogen and oxygen atoms in total. The third kappa shape index (κ3) is 3.60. The molecule has 25 heavy (non-hydrogen) atoms. The Balaban J connectivity index is 2.02. The van der Waals surface area contributed by atoms with Crippen molar-refractivity contribution in [1.82, 2.24) is 0 Å². The van der Waals surface area contributed by atoms with Crippen molar-refractivity contribution >= 4 is 23.3 Å². The third-order valence-corrected chi connectivity index (χ3v) is 4.12. The number of benzene rings is 2. The molecular formula is C20H20N2O3. The summed E-state index contributed by atoms with van der Waals surface area (Å²) in [5.74, 6) is -1.03. The molecule has 0 spiro atoms. The molecule has 0 N–H and O–H groups in total. The molecular weight excluding hydrogens is 316 g/mol. The maximum Gasteiger partial charge on any atom is 0.355 e. The Morgan fingerprint density at radius 2 is 1.84 bits per heavy atom. The van der Waals surface area contributed by atoms with E-state index in [4.69, 9.17) is 4.74 Å². The first-order valence-electron chi connectivity index (χ1n) is 8.30. The van der Waals surface area contributed by atoms with E-state index in [1.807, 2.05) is 49.4 Å². The van der Waals surface area contributed by atoms with E-state index < -0.39 is 11.9 Å². The summed E-state index contributed by atoms with van der Waals surface area (Å²) >= 11 is 0. The lowest BCUT2D eigenvalue weighted by Crippen LogP contribution is -2.39. The highest BCUT2D eigenvalue weighted by atomic mass is 16.5. The van der Waals surface area contributed by atoms with E-state index in [9.17, 15) is 9.59 Å². The Morgan fingerprint density at radius 3 is 2.48 bits per heavy atom. The minimum atomic E-state index is -0.485. The molecule has 1 amide bonds. The normalized spacial score (nSPS) is 17.2. The number of nitrogens with zero attached hydrogens (tertiary/aromatic N) is 2. The van der Waals surface area contributed by atoms with Crippen molar-refractivity contribution in [3.63, 3.8) is 0 Å². The van der Waals surface area contributed by atoms with E-state index in [1.165, 1.54) is 5.01 Å². The van der Waals surface area contributed by atoms with Gasteiger partial charge in [0, 0.05) is 12.3 Å². The predicted molar refractivity (Wildman–Crippen MR) is 96.5 cm³/mol. The monoisotopic (exact) mass is 336 g/mol. The van der Waals surface area contributed by atoms with Gasteiger partial charge in [-0.05, 0) is 31.5 Å². The number of hydrogen-bond acceptors (Lipinski definition) is 4. The maximum atomic E-state index is 12.6. The first kappa shape index (κ1) is 16.9. The molecule has 0 fully saturated rings. The van der Waals surface area contributed by atoms with E-state index in [1.54, 1.807) is 19.1 Å². The molecule has 128 valence electrons. The molecule has 0 unspecified atom stereocenters. The highest BCUT2D eigenvalue weighted by molar-refractivity contribution is 6.40. The quantitative estimate of drug-likeness (QED) is 0.804. The van der Waals surface area contributed by atoms with Gasteiger partial charge in [-0.25, -0.2) is 9.80 Å². The van der Waals surface area contributed by atoms with Gasteiger partial charge in [-0.2, -0.15) is 5.10 Å². The second kappa shape index (κ2) is 7.30. The number of hydrazone groups is 1. The van der Waals surface area contributed by atoms with Gasteiger partial charge in [0.25, 0.3) is 0 Å². The SMILES string of the molecule is CCOC(=O)C1=NN(c2ccccc2)C(=O)C[C@H]1c1ccc(C)cc1. The van der Waals surface area contributed by atoms with Crippen LogP contribution in [0.5, 0.6) is 0 Å². The molecule has 3 rings (SSSR count). The fraction of sp³-hybridized carbons (Fsp3) is 0.250. The highest BCUT2D eigenvalue weighted by Crippen LogP contribution is 2.30. The number of amides is 1. The summed E-state index contributed by atoms with van der Waals surface area (Å²) in [4.78, 5) is 25.1. The van der Waals surface area contributed by atoms with Crippen LogP contribution < -0.4 is 5.01 Å². The van der Waals surface area contributed by atoms with Gasteiger partial charge in [0.05, 0.1) is 12.3 Å². The van der Waals surface area contributed by atoms with Crippen molar-refractivity contribution in [2.75, 3.05) is 11.6 Å². The number of carbonyl (C=O) groups is 2. The number of hydrogen-bond donors (Lipinski definition) is 0. The average molecular weight is 336 g/mol. The van der Waals surface area contributed by atoms with Gasteiger partial charge >= 0.3 is 5.97 Å². The van der Waals surface area contributed by atoms with Crippen LogP contribution in [0, 0.1) is 6.92 Å². The predicted octanol–water partition coefficient (Wildman–Crippen LogP) is 3.43. The third-order valence-electron chi connectivity index (χ3n) is 4.12. The van der Waals surface area contributed by atoms with Crippen LogP contribution in [-0.4, -0.2) is 24.2 Å². The van der Waals surface area contributed by atoms with Crippen molar-refractivity contribution in [3.8, 4) is 0 Å². The van der Waals surface area contributed by atoms with Crippen molar-refractivity contribution in [2.24, 2.45) is 5.10 Å². The van der Waals surface area contributed by atoms with Crippen molar-refractivity contribution in [3.05, 3.63) is 65.7 Å². The van der Waals surface area contributed by atoms with Gasteiger partial charge in [0.1, 0.15) is 0 Å². The first-order valence-corrected chi connectivity index (χ1v) is 8.30. The van der Waals surface area contributed by atoms with Crippen LogP contribution in [0.4, 0.5) is 5.69 Å². The lowest BCUT2D eigenvalue weighted by Gasteiger charge is -2.28. The number of para-hydroxylation sites is 1. The van der Waals surface area contributed by atoms with E-state index in [2.05, 4.69) is 5.10 Å². The maximum absolute atomic E-state index is 12.6. The van der Waals surface area contributed by atoms with E-state index in [0.717, 1.165) is 11.1 Å². The molecule has 1 atom stereocenters. The Hall–Kier alpha value is -2.95. The minimum Gasteiger partial charge on any atom is -0.461 e. The number of esters is 1. The molecule has 0 radical (unpaired) electrons. The Kier molecular flexibility index (Phi) is 4.93. The van der Waals surface area contributed by atoms with E-state index in [0.29, 0.717) is 5.69 Å². The fourth-order valence-corrected chi connectivity index (χ4v) is 2.82. The first-order chi connectivity index (χ1) is 12.1. The Labute approximate surface area is 146 Å². The molecule has 0 aliphatic carbocycles. The number of aryl methyl sites for hydroxylation is 1. The largest absolute Gasteiger partial charge is 0.461 e. The van der Waals surface area contributed by atoms with Crippen molar-refractivity contribution in [2.45, 2.75) is 26.2 Å². The standard InChI is InChI=1S/C20H20N2O3/c1-3-25-20(24)19-17(15-11-9-14(2)10-12-15)13-18(23)22(21-19)16-7-5-4-6-8-16/h4-12,17H,3,13H2,1-2H3/t17-/m0/s1. The van der Waals surface area contributed by atoms with Crippen molar-refractivity contribution in [1.29, 1.82) is 0 Å². The summed E-state index contributed by atoms with van der Waals surface area (Å²) < 4.78 is 5.17. The lowest BCUT2D eigenvalue weighted by atomic mass is 9.89. The van der Waals surface area contributed by atoms with Crippen LogP contribution in [0.25, 0.3) is 0 Å². The second-order valence-electron chi connectivity index (χ2n) is 5.91. The van der Waals surface area contributed by atoms with Crippen LogP contribution in [0.3, 0.4) is 0 Å².